The van der Waals surface area contributed by atoms with Crippen molar-refractivity contribution < 1.29 is 57.6 Å². The Balaban J connectivity index is 1.18. The smallest absolute Gasteiger partial charge is 0.348 e. The molecule has 5 aliphatic rings. The molecular weight excluding hydrogens is 787 g/mol. The predicted octanol–water partition coefficient (Wildman–Crippen LogP) is 4.67. The molecule has 0 aromatic heterocycles. The topological polar surface area (TPSA) is 188 Å². The van der Waals surface area contributed by atoms with Crippen molar-refractivity contribution in [3.8, 4) is 0 Å². The number of ether oxygens (including phenoxy) is 5. The molecule has 3 N–H and O–H groups in total. The first-order chi connectivity index (χ1) is 29.3. The molecule has 61 heavy (non-hydrogen) atoms. The highest BCUT2D eigenvalue weighted by atomic mass is 16.8. The van der Waals surface area contributed by atoms with Crippen LogP contribution in [0.25, 0.3) is 6.08 Å². The third kappa shape index (κ3) is 9.12. The van der Waals surface area contributed by atoms with Crippen LogP contribution in [0.4, 0.5) is 0 Å². The van der Waals surface area contributed by atoms with E-state index in [1.54, 1.807) is 56.3 Å². The summed E-state index contributed by atoms with van der Waals surface area (Å²) in [7, 11) is 0. The van der Waals surface area contributed by atoms with E-state index < -0.39 is 77.0 Å². The SMILES string of the molecule is CCCCCC1(CCCCC)O[C@@H]2[C@H](O1)[C@H]1ON(Cc3ccccc3C=CC(=O)O[C@H]3C(=O)OCC3(C)C)[C@@H]3C(=O)O[C@@H]2C[C@]13C(=O)NCc1cccc(C(=O)NCCO)c1. The molecule has 4 heterocycles. The molecule has 1 saturated carbocycles. The van der Waals surface area contributed by atoms with Gasteiger partial charge in [-0.2, -0.15) is 5.06 Å². The van der Waals surface area contributed by atoms with Gasteiger partial charge in [-0.05, 0) is 47.7 Å². The zero-order chi connectivity index (χ0) is 43.4. The summed E-state index contributed by atoms with van der Waals surface area (Å²) >= 11 is 0. The van der Waals surface area contributed by atoms with Gasteiger partial charge in [-0.1, -0.05) is 89.8 Å². The van der Waals surface area contributed by atoms with Crippen LogP contribution in [0.1, 0.15) is 113 Å². The number of rotatable bonds is 19. The van der Waals surface area contributed by atoms with E-state index in [1.165, 1.54) is 11.1 Å². The summed E-state index contributed by atoms with van der Waals surface area (Å²) < 4.78 is 30.7. The predicted molar refractivity (Wildman–Crippen MR) is 220 cm³/mol. The third-order valence-electron chi connectivity index (χ3n) is 12.6. The number of aliphatic hydroxyl groups excluding tert-OH is 1. The van der Waals surface area contributed by atoms with Gasteiger partial charge in [-0.15, -0.1) is 0 Å². The Morgan fingerprint density at radius 1 is 0.934 bits per heavy atom. The highest BCUT2D eigenvalue weighted by Gasteiger charge is 2.76. The molecule has 5 fully saturated rings. The average molecular weight is 846 g/mol. The van der Waals surface area contributed by atoms with E-state index in [4.69, 9.17) is 28.5 Å². The second-order valence-corrected chi connectivity index (χ2v) is 17.5. The van der Waals surface area contributed by atoms with E-state index >= 15 is 0 Å². The number of hydrogen-bond acceptors (Lipinski definition) is 13. The second kappa shape index (κ2) is 18.7. The van der Waals surface area contributed by atoms with Crippen LogP contribution in [-0.4, -0.2) is 102 Å². The number of unbranched alkanes of at least 4 members (excludes halogenated alkanes) is 4. The summed E-state index contributed by atoms with van der Waals surface area (Å²) in [5, 5.41) is 16.4. The Hall–Kier alpha value is -4.67. The standard InChI is InChI=1S/C46H59N3O12/c1-5-7-11-20-45(21-12-8-6-2)59-35-33-25-46(43(55)48-26-29-14-13-17-31(24-29)40(52)47-22-23-50)37(41(53)57-33)49(61-38(46)36(35)60-45)27-32-16-10-9-15-30(32)18-19-34(51)58-39-42(54)56-28-44(39,3)4/h9-10,13-19,24,33,35-39,50H,5-8,11-12,20-23,25-28H2,1-4H3,(H,47,52)(H,48,55)/t33-,35+,36+,37-,38-,39+,46-/m1/s1. The van der Waals surface area contributed by atoms with Gasteiger partial charge in [0.25, 0.3) is 5.91 Å². The van der Waals surface area contributed by atoms with Gasteiger partial charge >= 0.3 is 17.9 Å². The van der Waals surface area contributed by atoms with E-state index in [9.17, 15) is 29.1 Å². The van der Waals surface area contributed by atoms with Crippen LogP contribution >= 0.6 is 0 Å². The highest BCUT2D eigenvalue weighted by Crippen LogP contribution is 2.58. The minimum atomic E-state index is -1.44. The summed E-state index contributed by atoms with van der Waals surface area (Å²) in [6.07, 6.45) is 5.96. The number of hydrogen-bond donors (Lipinski definition) is 3. The lowest BCUT2D eigenvalue weighted by Gasteiger charge is -2.48. The summed E-state index contributed by atoms with van der Waals surface area (Å²) in [5.41, 5.74) is 0.228. The number of carbonyl (C=O) groups is 5. The Kier molecular flexibility index (Phi) is 13.6. The summed E-state index contributed by atoms with van der Waals surface area (Å²) in [5.74, 6) is -3.62. The molecule has 4 aliphatic heterocycles. The Morgan fingerprint density at radius 2 is 1.67 bits per heavy atom. The van der Waals surface area contributed by atoms with Crippen molar-refractivity contribution in [2.75, 3.05) is 19.8 Å². The van der Waals surface area contributed by atoms with Gasteiger partial charge in [0.15, 0.2) is 11.8 Å². The Bertz CT molecular complexity index is 1980. The van der Waals surface area contributed by atoms with Crippen molar-refractivity contribution in [3.63, 3.8) is 0 Å². The fourth-order valence-electron chi connectivity index (χ4n) is 9.39. The number of amides is 2. The lowest BCUT2D eigenvalue weighted by molar-refractivity contribution is -0.224. The molecule has 2 bridgehead atoms. The van der Waals surface area contributed by atoms with Crippen LogP contribution < -0.4 is 10.6 Å². The van der Waals surface area contributed by atoms with Gasteiger partial charge in [-0.3, -0.25) is 19.2 Å². The van der Waals surface area contributed by atoms with Crippen LogP contribution in [0.5, 0.6) is 0 Å². The summed E-state index contributed by atoms with van der Waals surface area (Å²) in [6, 6.07) is 12.9. The molecule has 2 amide bonds. The molecular formula is C46H59N3O12. The minimum Gasteiger partial charge on any atom is -0.462 e. The first kappa shape index (κ1) is 44.4. The number of carbonyl (C=O) groups excluding carboxylic acids is 5. The van der Waals surface area contributed by atoms with E-state index in [2.05, 4.69) is 24.5 Å². The number of hydroxylamine groups is 2. The Labute approximate surface area is 356 Å². The van der Waals surface area contributed by atoms with Crippen molar-refractivity contribution in [2.24, 2.45) is 10.8 Å². The molecule has 2 aromatic rings. The number of nitrogens with zero attached hydrogens (tertiary/aromatic N) is 1. The van der Waals surface area contributed by atoms with Crippen LogP contribution in [-0.2, 0) is 60.8 Å². The third-order valence-corrected chi connectivity index (χ3v) is 12.6. The molecule has 15 heteroatoms. The lowest BCUT2D eigenvalue weighted by atomic mass is 9.62. The molecule has 1 aliphatic carbocycles. The van der Waals surface area contributed by atoms with E-state index in [0.717, 1.165) is 38.5 Å². The molecule has 2 aromatic carbocycles. The summed E-state index contributed by atoms with van der Waals surface area (Å²) in [6.45, 7) is 8.01. The van der Waals surface area contributed by atoms with Crippen molar-refractivity contribution >= 4 is 35.8 Å². The minimum absolute atomic E-state index is 0.0366. The normalized spacial score (nSPS) is 28.3. The number of aliphatic hydroxyl groups is 1. The first-order valence-corrected chi connectivity index (χ1v) is 21.7. The molecule has 7 atom stereocenters. The van der Waals surface area contributed by atoms with E-state index in [-0.39, 0.29) is 45.2 Å². The van der Waals surface area contributed by atoms with Crippen molar-refractivity contribution in [3.05, 3.63) is 76.9 Å². The number of nitrogens with one attached hydrogen (secondary N) is 2. The van der Waals surface area contributed by atoms with Crippen LogP contribution in [0.2, 0.25) is 0 Å². The molecule has 0 spiro atoms. The molecule has 7 rings (SSSR count). The lowest BCUT2D eigenvalue weighted by Crippen LogP contribution is -2.69. The number of cyclic esters (lactones) is 1. The van der Waals surface area contributed by atoms with Gasteiger partial charge in [0.2, 0.25) is 12.0 Å². The van der Waals surface area contributed by atoms with Gasteiger partial charge in [0, 0.05) is 49.4 Å². The fourth-order valence-corrected chi connectivity index (χ4v) is 9.39. The van der Waals surface area contributed by atoms with Crippen LogP contribution in [0.3, 0.4) is 0 Å². The van der Waals surface area contributed by atoms with Gasteiger partial charge in [0.1, 0.15) is 36.4 Å². The maximum atomic E-state index is 15.0. The van der Waals surface area contributed by atoms with Gasteiger partial charge in [-0.25, -0.2) is 9.59 Å². The van der Waals surface area contributed by atoms with Gasteiger partial charge < -0.3 is 39.4 Å². The summed E-state index contributed by atoms with van der Waals surface area (Å²) in [4.78, 5) is 74.1. The number of esters is 3. The molecule has 0 radical (unpaired) electrons. The van der Waals surface area contributed by atoms with Crippen LogP contribution in [0.15, 0.2) is 54.6 Å². The zero-order valence-electron chi connectivity index (χ0n) is 35.5. The molecule has 0 unspecified atom stereocenters. The Morgan fingerprint density at radius 3 is 2.38 bits per heavy atom. The van der Waals surface area contributed by atoms with Gasteiger partial charge in [0.05, 0.1) is 13.2 Å². The quantitative estimate of drug-likeness (QED) is 0.0767. The highest BCUT2D eigenvalue weighted by molar-refractivity contribution is 5.95. The monoisotopic (exact) mass is 845 g/mol. The number of fused-ring (bicyclic) bond motifs is 4. The average Bonchev–Trinajstić information content (AvgIpc) is 3.89. The van der Waals surface area contributed by atoms with Crippen molar-refractivity contribution in [1.29, 1.82) is 0 Å². The van der Waals surface area contributed by atoms with E-state index in [0.29, 0.717) is 35.1 Å². The number of benzene rings is 2. The van der Waals surface area contributed by atoms with Crippen molar-refractivity contribution in [1.82, 2.24) is 15.7 Å². The fraction of sp³-hybridized carbons (Fsp3) is 0.587. The maximum absolute atomic E-state index is 15.0. The van der Waals surface area contributed by atoms with Crippen molar-refractivity contribution in [2.45, 2.75) is 141 Å². The maximum Gasteiger partial charge on any atom is 0.348 e. The first-order valence-electron chi connectivity index (χ1n) is 21.7. The van der Waals surface area contributed by atoms with Crippen LogP contribution in [0, 0.1) is 10.8 Å². The molecule has 330 valence electrons. The molecule has 15 nitrogen and oxygen atoms in total. The molecule has 4 saturated heterocycles. The van der Waals surface area contributed by atoms with E-state index in [1.807, 2.05) is 12.1 Å². The second-order valence-electron chi connectivity index (χ2n) is 17.5. The largest absolute Gasteiger partial charge is 0.462 e. The zero-order valence-corrected chi connectivity index (χ0v) is 35.5.